The standard InChI is InChI=1S/C24H28N6O2S/c1-14-7-15(8-16-11-28(6)27-18(14)16)20-26-19-21(33-20)25-12-29(22(19)32)17-9-23(2,3)30(13-31)24(4,5)10-17/h7-8,11-13,17H,9-10H2,1-6H3. The second kappa shape index (κ2) is 7.21. The van der Waals surface area contributed by atoms with Gasteiger partial charge in [-0.2, -0.15) is 5.10 Å². The van der Waals surface area contributed by atoms with Gasteiger partial charge in [0.25, 0.3) is 5.56 Å². The van der Waals surface area contributed by atoms with Crippen LogP contribution in [0, 0.1) is 6.92 Å². The van der Waals surface area contributed by atoms with Crippen molar-refractivity contribution in [1.82, 2.24) is 29.2 Å². The minimum absolute atomic E-state index is 0.0604. The molecule has 0 atom stereocenters. The molecule has 4 aromatic rings. The fourth-order valence-electron chi connectivity index (χ4n) is 5.49. The Morgan fingerprint density at radius 2 is 1.82 bits per heavy atom. The number of benzene rings is 1. The zero-order valence-electron chi connectivity index (χ0n) is 19.8. The van der Waals surface area contributed by atoms with Gasteiger partial charge in [0.15, 0.2) is 10.3 Å². The third kappa shape index (κ3) is 3.45. The summed E-state index contributed by atoms with van der Waals surface area (Å²) in [6.07, 6.45) is 5.91. The maximum Gasteiger partial charge on any atom is 0.281 e. The first kappa shape index (κ1) is 21.8. The van der Waals surface area contributed by atoms with E-state index in [4.69, 9.17) is 4.98 Å². The summed E-state index contributed by atoms with van der Waals surface area (Å²) in [4.78, 5) is 37.1. The molecule has 1 aromatic carbocycles. The number of amides is 1. The van der Waals surface area contributed by atoms with Crippen LogP contribution in [0.15, 0.2) is 29.5 Å². The summed E-state index contributed by atoms with van der Waals surface area (Å²) in [6.45, 7) is 10.2. The van der Waals surface area contributed by atoms with Gasteiger partial charge in [-0.1, -0.05) is 11.3 Å². The summed E-state index contributed by atoms with van der Waals surface area (Å²) in [7, 11) is 1.91. The van der Waals surface area contributed by atoms with Crippen molar-refractivity contribution in [2.45, 2.75) is 64.6 Å². The van der Waals surface area contributed by atoms with Crippen molar-refractivity contribution in [3.05, 3.63) is 40.6 Å². The molecule has 0 bridgehead atoms. The lowest BCUT2D eigenvalue weighted by molar-refractivity contribution is -0.136. The summed E-state index contributed by atoms with van der Waals surface area (Å²) >= 11 is 1.43. The normalized spacial score (nSPS) is 18.3. The van der Waals surface area contributed by atoms with Crippen molar-refractivity contribution in [3.8, 4) is 10.6 Å². The smallest absolute Gasteiger partial charge is 0.281 e. The lowest BCUT2D eigenvalue weighted by atomic mass is 9.77. The first-order valence-corrected chi connectivity index (χ1v) is 11.9. The van der Waals surface area contributed by atoms with Crippen LogP contribution in [0.2, 0.25) is 0 Å². The minimum Gasteiger partial charge on any atom is -0.335 e. The Bertz CT molecular complexity index is 1440. The van der Waals surface area contributed by atoms with E-state index in [0.29, 0.717) is 23.2 Å². The van der Waals surface area contributed by atoms with Crippen molar-refractivity contribution < 1.29 is 4.79 Å². The number of rotatable bonds is 3. The average Bonchev–Trinajstić information content (AvgIpc) is 3.30. The summed E-state index contributed by atoms with van der Waals surface area (Å²) in [5.41, 5.74) is 2.53. The molecule has 4 heterocycles. The van der Waals surface area contributed by atoms with Crippen molar-refractivity contribution in [2.75, 3.05) is 0 Å². The highest BCUT2D eigenvalue weighted by molar-refractivity contribution is 7.21. The van der Waals surface area contributed by atoms with Crippen LogP contribution in [-0.2, 0) is 11.8 Å². The van der Waals surface area contributed by atoms with Crippen LogP contribution in [0.4, 0.5) is 0 Å². The fraction of sp³-hybridized carbons (Fsp3) is 0.458. The molecular weight excluding hydrogens is 436 g/mol. The van der Waals surface area contributed by atoms with E-state index in [1.165, 1.54) is 11.3 Å². The van der Waals surface area contributed by atoms with Crippen molar-refractivity contribution in [2.24, 2.45) is 7.05 Å². The zero-order valence-corrected chi connectivity index (χ0v) is 20.6. The van der Waals surface area contributed by atoms with E-state index < -0.39 is 0 Å². The van der Waals surface area contributed by atoms with E-state index in [1.54, 1.807) is 15.6 Å². The third-order valence-electron chi connectivity index (χ3n) is 6.78. The molecular formula is C24H28N6O2S. The van der Waals surface area contributed by atoms with E-state index in [9.17, 15) is 9.59 Å². The van der Waals surface area contributed by atoms with Crippen molar-refractivity contribution >= 4 is 39.0 Å². The largest absolute Gasteiger partial charge is 0.335 e. The van der Waals surface area contributed by atoms with Crippen LogP contribution in [0.3, 0.4) is 0 Å². The Morgan fingerprint density at radius 3 is 2.48 bits per heavy atom. The molecule has 1 fully saturated rings. The summed E-state index contributed by atoms with van der Waals surface area (Å²) in [5.74, 6) is 0. The Morgan fingerprint density at radius 1 is 1.12 bits per heavy atom. The molecule has 0 saturated carbocycles. The fourth-order valence-corrected chi connectivity index (χ4v) is 6.37. The van der Waals surface area contributed by atoms with E-state index in [-0.39, 0.29) is 22.7 Å². The molecule has 9 heteroatoms. The first-order valence-electron chi connectivity index (χ1n) is 11.1. The van der Waals surface area contributed by atoms with Crippen LogP contribution in [-0.4, -0.2) is 46.7 Å². The van der Waals surface area contributed by atoms with Crippen LogP contribution < -0.4 is 5.56 Å². The lowest BCUT2D eigenvalue weighted by Gasteiger charge is -2.53. The zero-order chi connectivity index (χ0) is 23.7. The highest BCUT2D eigenvalue weighted by Gasteiger charge is 2.45. The van der Waals surface area contributed by atoms with Gasteiger partial charge < -0.3 is 4.90 Å². The maximum atomic E-state index is 13.5. The number of aryl methyl sites for hydroxylation is 2. The molecule has 8 nitrogen and oxygen atoms in total. The molecule has 1 amide bonds. The molecule has 5 rings (SSSR count). The quantitative estimate of drug-likeness (QED) is 0.427. The van der Waals surface area contributed by atoms with E-state index >= 15 is 0 Å². The molecule has 0 unspecified atom stereocenters. The third-order valence-corrected chi connectivity index (χ3v) is 7.79. The van der Waals surface area contributed by atoms with Gasteiger partial charge in [-0.25, -0.2) is 9.97 Å². The van der Waals surface area contributed by atoms with Crippen LogP contribution in [0.1, 0.15) is 52.1 Å². The first-order chi connectivity index (χ1) is 15.5. The second-order valence-corrected chi connectivity index (χ2v) is 11.3. The van der Waals surface area contributed by atoms with Gasteiger partial charge >= 0.3 is 0 Å². The number of aromatic nitrogens is 5. The van der Waals surface area contributed by atoms with Gasteiger partial charge in [0.05, 0.1) is 11.8 Å². The minimum atomic E-state index is -0.369. The van der Waals surface area contributed by atoms with Crippen molar-refractivity contribution in [1.29, 1.82) is 0 Å². The number of hydrogen-bond donors (Lipinski definition) is 0. The molecule has 33 heavy (non-hydrogen) atoms. The number of fused-ring (bicyclic) bond motifs is 2. The lowest BCUT2D eigenvalue weighted by Crippen LogP contribution is -2.60. The van der Waals surface area contributed by atoms with E-state index in [1.807, 2.05) is 52.8 Å². The SMILES string of the molecule is Cc1cc(-c2nc3c(=O)n(C4CC(C)(C)N(C=O)C(C)(C)C4)cnc3s2)cc2cn(C)nc12. The molecule has 1 aliphatic rings. The van der Waals surface area contributed by atoms with Crippen LogP contribution in [0.25, 0.3) is 31.8 Å². The Balaban J connectivity index is 1.58. The number of thiazole rings is 1. The van der Waals surface area contributed by atoms with E-state index in [2.05, 4.69) is 22.2 Å². The number of nitrogens with zero attached hydrogens (tertiary/aromatic N) is 6. The Labute approximate surface area is 195 Å². The number of likely N-dealkylation sites (tertiary alicyclic amines) is 1. The van der Waals surface area contributed by atoms with Gasteiger partial charge in [0.1, 0.15) is 5.01 Å². The van der Waals surface area contributed by atoms with Crippen molar-refractivity contribution in [3.63, 3.8) is 0 Å². The number of hydrogen-bond acceptors (Lipinski definition) is 6. The van der Waals surface area contributed by atoms with Gasteiger partial charge in [-0.05, 0) is 65.2 Å². The molecule has 0 aliphatic carbocycles. The van der Waals surface area contributed by atoms with Gasteiger partial charge in [-0.3, -0.25) is 18.8 Å². The van der Waals surface area contributed by atoms with E-state index in [0.717, 1.165) is 33.4 Å². The van der Waals surface area contributed by atoms with Gasteiger partial charge in [0, 0.05) is 41.3 Å². The predicted octanol–water partition coefficient (Wildman–Crippen LogP) is 4.07. The number of carbonyl (C=O) groups excluding carboxylic acids is 1. The maximum absolute atomic E-state index is 13.5. The summed E-state index contributed by atoms with van der Waals surface area (Å²) in [6, 6.07) is 4.06. The Kier molecular flexibility index (Phi) is 4.76. The molecule has 0 radical (unpaired) electrons. The van der Waals surface area contributed by atoms with Crippen LogP contribution in [0.5, 0.6) is 0 Å². The molecule has 1 saturated heterocycles. The monoisotopic (exact) mass is 464 g/mol. The van der Waals surface area contributed by atoms with Gasteiger partial charge in [0.2, 0.25) is 6.41 Å². The van der Waals surface area contributed by atoms with Crippen LogP contribution >= 0.6 is 11.3 Å². The number of piperidine rings is 1. The second-order valence-electron chi connectivity index (χ2n) is 10.3. The molecule has 0 spiro atoms. The highest BCUT2D eigenvalue weighted by atomic mass is 32.1. The topological polar surface area (TPSA) is 85.9 Å². The molecule has 0 N–H and O–H groups in total. The molecule has 172 valence electrons. The van der Waals surface area contributed by atoms with Gasteiger partial charge in [-0.15, -0.1) is 0 Å². The summed E-state index contributed by atoms with van der Waals surface area (Å²) in [5, 5.41) is 6.33. The highest BCUT2D eigenvalue weighted by Crippen LogP contribution is 2.42. The molecule has 3 aromatic heterocycles. The number of carbonyl (C=O) groups is 1. The predicted molar refractivity (Wildman–Crippen MR) is 130 cm³/mol. The summed E-state index contributed by atoms with van der Waals surface area (Å²) < 4.78 is 3.52. The molecule has 1 aliphatic heterocycles. The Hall–Kier alpha value is -3.07. The average molecular weight is 465 g/mol.